The first-order chi connectivity index (χ1) is 11.1. The number of benzene rings is 1. The van der Waals surface area contributed by atoms with Crippen LogP contribution in [0.1, 0.15) is 22.3 Å². The van der Waals surface area contributed by atoms with Gasteiger partial charge in [0.15, 0.2) is 0 Å². The van der Waals surface area contributed by atoms with Gasteiger partial charge in [0.05, 0.1) is 12.4 Å². The van der Waals surface area contributed by atoms with Crippen molar-refractivity contribution in [2.75, 3.05) is 19.6 Å². The Labute approximate surface area is 133 Å². The van der Waals surface area contributed by atoms with Gasteiger partial charge in [0.1, 0.15) is 17.1 Å². The summed E-state index contributed by atoms with van der Waals surface area (Å²) in [6.07, 6.45) is 3.98. The van der Waals surface area contributed by atoms with Gasteiger partial charge in [-0.05, 0) is 37.4 Å². The maximum Gasteiger partial charge on any atom is 0.259 e. The lowest BCUT2D eigenvalue weighted by Gasteiger charge is -2.46. The minimum atomic E-state index is -0.492. The summed E-state index contributed by atoms with van der Waals surface area (Å²) >= 11 is 0. The van der Waals surface area contributed by atoms with Crippen molar-refractivity contribution < 1.29 is 9.18 Å². The van der Waals surface area contributed by atoms with Crippen LogP contribution in [0.15, 0.2) is 24.5 Å². The Bertz CT molecular complexity index is 745. The zero-order chi connectivity index (χ0) is 16.0. The van der Waals surface area contributed by atoms with E-state index in [9.17, 15) is 9.18 Å². The van der Waals surface area contributed by atoms with Crippen LogP contribution in [-0.2, 0) is 0 Å². The van der Waals surface area contributed by atoms with Gasteiger partial charge < -0.3 is 10.2 Å². The number of carbonyl (C=O) groups excluding carboxylic acids is 1. The summed E-state index contributed by atoms with van der Waals surface area (Å²) in [7, 11) is 0. The molecule has 1 amide bonds. The van der Waals surface area contributed by atoms with Gasteiger partial charge in [-0.25, -0.2) is 4.39 Å². The van der Waals surface area contributed by atoms with Crippen molar-refractivity contribution in [2.45, 2.75) is 19.4 Å². The first kappa shape index (κ1) is 14.3. The Hall–Kier alpha value is -2.28. The summed E-state index contributed by atoms with van der Waals surface area (Å²) in [4.78, 5) is 16.0. The molecule has 2 saturated heterocycles. The van der Waals surface area contributed by atoms with E-state index in [4.69, 9.17) is 0 Å². The van der Waals surface area contributed by atoms with Gasteiger partial charge in [0.2, 0.25) is 0 Å². The maximum atomic E-state index is 14.7. The second kappa shape index (κ2) is 5.42. The molecular formula is C16H18FN5O. The van der Waals surface area contributed by atoms with E-state index in [1.54, 1.807) is 24.0 Å². The number of aromatic nitrogens is 3. The van der Waals surface area contributed by atoms with Gasteiger partial charge in [-0.1, -0.05) is 6.07 Å². The molecule has 1 aromatic carbocycles. The van der Waals surface area contributed by atoms with Crippen molar-refractivity contribution in [2.24, 2.45) is 5.92 Å². The molecule has 0 spiro atoms. The van der Waals surface area contributed by atoms with E-state index < -0.39 is 5.82 Å². The molecule has 1 aromatic heterocycles. The molecule has 2 aromatic rings. The Balaban J connectivity index is 1.72. The van der Waals surface area contributed by atoms with E-state index in [-0.39, 0.29) is 11.5 Å². The molecule has 0 radical (unpaired) electrons. The Morgan fingerprint density at radius 2 is 2.13 bits per heavy atom. The fraction of sp³-hybridized carbons (Fsp3) is 0.438. The number of likely N-dealkylation sites (tertiary alicyclic amines) is 1. The molecule has 3 heterocycles. The third-order valence-corrected chi connectivity index (χ3v) is 4.85. The Kier molecular flexibility index (Phi) is 3.37. The normalized spacial score (nSPS) is 23.3. The second-order valence-electron chi connectivity index (χ2n) is 6.22. The minimum absolute atomic E-state index is 0.0546. The van der Waals surface area contributed by atoms with Crippen LogP contribution in [0.3, 0.4) is 0 Å². The highest BCUT2D eigenvalue weighted by Gasteiger charge is 2.38. The minimum Gasteiger partial charge on any atom is -0.337 e. The maximum absolute atomic E-state index is 14.7. The number of carbonyl (C=O) groups is 1. The summed E-state index contributed by atoms with van der Waals surface area (Å²) in [6, 6.07) is 3.68. The van der Waals surface area contributed by atoms with E-state index >= 15 is 0 Å². The van der Waals surface area contributed by atoms with Gasteiger partial charge in [-0.15, -0.1) is 0 Å². The predicted octanol–water partition coefficient (Wildman–Crippen LogP) is 1.15. The fourth-order valence-electron chi connectivity index (χ4n) is 3.34. The van der Waals surface area contributed by atoms with Crippen LogP contribution in [0.2, 0.25) is 0 Å². The number of halogens is 1. The summed E-state index contributed by atoms with van der Waals surface area (Å²) in [5, 5.41) is 11.4. The number of rotatable bonds is 2. The number of hydrogen-bond donors (Lipinski definition) is 1. The van der Waals surface area contributed by atoms with E-state index in [0.717, 1.165) is 13.0 Å². The molecular weight excluding hydrogens is 297 g/mol. The first-order valence-electron chi connectivity index (χ1n) is 7.83. The third-order valence-electron chi connectivity index (χ3n) is 4.85. The van der Waals surface area contributed by atoms with Crippen LogP contribution in [0.5, 0.6) is 0 Å². The number of piperidine rings is 1. The monoisotopic (exact) mass is 315 g/mol. The van der Waals surface area contributed by atoms with Gasteiger partial charge in [-0.3, -0.25) is 4.79 Å². The number of aryl methyl sites for hydroxylation is 1. The van der Waals surface area contributed by atoms with Gasteiger partial charge in [-0.2, -0.15) is 15.0 Å². The first-order valence-corrected chi connectivity index (χ1v) is 7.83. The van der Waals surface area contributed by atoms with Gasteiger partial charge in [0.25, 0.3) is 5.91 Å². The smallest absolute Gasteiger partial charge is 0.259 e. The van der Waals surface area contributed by atoms with Crippen molar-refractivity contribution in [3.63, 3.8) is 0 Å². The summed E-state index contributed by atoms with van der Waals surface area (Å²) in [5.74, 6) is -0.132. The SMILES string of the molecule is Cc1ccc(-n2nccn2)c(C(=O)N2CC[C@H]3CNC3C2)c1F. The highest BCUT2D eigenvalue weighted by Crippen LogP contribution is 2.27. The summed E-state index contributed by atoms with van der Waals surface area (Å²) in [6.45, 7) is 3.98. The van der Waals surface area contributed by atoms with Crippen LogP contribution >= 0.6 is 0 Å². The van der Waals surface area contributed by atoms with Gasteiger partial charge in [0, 0.05) is 19.1 Å². The second-order valence-corrected chi connectivity index (χ2v) is 6.22. The third kappa shape index (κ3) is 2.31. The standard InChI is InChI=1S/C16H18FN5O/c1-10-2-3-13(22-19-5-6-20-22)14(15(10)17)16(23)21-7-4-11-8-18-12(11)9-21/h2-3,5-6,11-12,18H,4,7-9H2,1H3/t11-,12?/m0/s1. The van der Waals surface area contributed by atoms with Crippen molar-refractivity contribution in [3.8, 4) is 5.69 Å². The molecule has 1 unspecified atom stereocenters. The molecule has 7 heteroatoms. The lowest BCUT2D eigenvalue weighted by Crippen LogP contribution is -2.62. The molecule has 0 aliphatic carbocycles. The van der Waals surface area contributed by atoms with Crippen molar-refractivity contribution >= 4 is 5.91 Å². The van der Waals surface area contributed by atoms with E-state index in [2.05, 4.69) is 15.5 Å². The number of nitrogens with one attached hydrogen (secondary N) is 1. The van der Waals surface area contributed by atoms with Crippen molar-refractivity contribution in [1.82, 2.24) is 25.2 Å². The Morgan fingerprint density at radius 3 is 2.78 bits per heavy atom. The molecule has 0 saturated carbocycles. The van der Waals surface area contributed by atoms with E-state index in [0.29, 0.717) is 36.3 Å². The largest absolute Gasteiger partial charge is 0.337 e. The lowest BCUT2D eigenvalue weighted by atomic mass is 9.84. The zero-order valence-electron chi connectivity index (χ0n) is 12.9. The highest BCUT2D eigenvalue weighted by molar-refractivity contribution is 5.98. The molecule has 2 atom stereocenters. The summed E-state index contributed by atoms with van der Waals surface area (Å²) in [5.41, 5.74) is 0.881. The topological polar surface area (TPSA) is 63.1 Å². The van der Waals surface area contributed by atoms with Crippen LogP contribution in [0, 0.1) is 18.7 Å². The molecule has 4 rings (SSSR count). The summed E-state index contributed by atoms with van der Waals surface area (Å²) < 4.78 is 14.7. The molecule has 1 N–H and O–H groups in total. The van der Waals surface area contributed by atoms with Gasteiger partial charge >= 0.3 is 0 Å². The van der Waals surface area contributed by atoms with Crippen LogP contribution in [-0.4, -0.2) is 51.5 Å². The van der Waals surface area contributed by atoms with Crippen molar-refractivity contribution in [1.29, 1.82) is 0 Å². The van der Waals surface area contributed by atoms with E-state index in [1.807, 2.05) is 0 Å². The molecule has 2 aliphatic heterocycles. The molecule has 2 aliphatic rings. The molecule has 0 bridgehead atoms. The number of amides is 1. The molecule has 120 valence electrons. The van der Waals surface area contributed by atoms with Crippen LogP contribution < -0.4 is 5.32 Å². The molecule has 6 nitrogen and oxygen atoms in total. The number of fused-ring (bicyclic) bond motifs is 1. The quantitative estimate of drug-likeness (QED) is 0.903. The fourth-order valence-corrected chi connectivity index (χ4v) is 3.34. The zero-order valence-corrected chi connectivity index (χ0v) is 12.9. The lowest BCUT2D eigenvalue weighted by molar-refractivity contribution is 0.0514. The average molecular weight is 315 g/mol. The highest BCUT2D eigenvalue weighted by atomic mass is 19.1. The number of nitrogens with zero attached hydrogens (tertiary/aromatic N) is 4. The Morgan fingerprint density at radius 1 is 1.35 bits per heavy atom. The van der Waals surface area contributed by atoms with Crippen LogP contribution in [0.4, 0.5) is 4.39 Å². The van der Waals surface area contributed by atoms with E-state index in [1.165, 1.54) is 17.2 Å². The number of hydrogen-bond acceptors (Lipinski definition) is 4. The molecule has 23 heavy (non-hydrogen) atoms. The molecule has 2 fully saturated rings. The van der Waals surface area contributed by atoms with Crippen LogP contribution in [0.25, 0.3) is 5.69 Å². The predicted molar refractivity (Wildman–Crippen MR) is 81.9 cm³/mol. The average Bonchev–Trinajstić information content (AvgIpc) is 3.04. The van der Waals surface area contributed by atoms with Crippen molar-refractivity contribution in [3.05, 3.63) is 41.5 Å².